The van der Waals surface area contributed by atoms with Crippen molar-refractivity contribution in [2.45, 2.75) is 25.9 Å². The van der Waals surface area contributed by atoms with E-state index in [0.717, 1.165) is 5.56 Å². The van der Waals surface area contributed by atoms with Crippen molar-refractivity contribution in [3.8, 4) is 0 Å². The Morgan fingerprint density at radius 3 is 2.48 bits per heavy atom. The maximum absolute atomic E-state index is 12.2. The maximum Gasteiger partial charge on any atom is 0.251 e. The van der Waals surface area contributed by atoms with E-state index in [2.05, 4.69) is 20.7 Å². The van der Waals surface area contributed by atoms with Gasteiger partial charge in [0, 0.05) is 23.7 Å². The zero-order valence-corrected chi connectivity index (χ0v) is 15.0. The molecular weight excluding hydrogens is 342 g/mol. The zero-order valence-electron chi connectivity index (χ0n) is 15.0. The molecular formula is C20H21N5O2. The monoisotopic (exact) mass is 363 g/mol. The summed E-state index contributed by atoms with van der Waals surface area (Å²) < 4.78 is 1.73. The minimum Gasteiger partial charge on any atom is -0.349 e. The number of amides is 2. The Labute approximate surface area is 157 Å². The Morgan fingerprint density at radius 1 is 1.07 bits per heavy atom. The van der Waals surface area contributed by atoms with Gasteiger partial charge in [0.1, 0.15) is 12.7 Å². The van der Waals surface area contributed by atoms with Gasteiger partial charge >= 0.3 is 0 Å². The topological polar surface area (TPSA) is 88.9 Å². The molecule has 0 spiro atoms. The predicted molar refractivity (Wildman–Crippen MR) is 102 cm³/mol. The van der Waals surface area contributed by atoms with Gasteiger partial charge in [0.05, 0.1) is 6.54 Å². The molecule has 2 amide bonds. The van der Waals surface area contributed by atoms with Gasteiger partial charge in [-0.25, -0.2) is 9.67 Å². The van der Waals surface area contributed by atoms with Crippen LogP contribution in [0.4, 0.5) is 5.69 Å². The number of aromatic nitrogens is 3. The van der Waals surface area contributed by atoms with Crippen LogP contribution >= 0.6 is 0 Å². The molecule has 0 aliphatic rings. The first-order valence-electron chi connectivity index (χ1n) is 8.67. The molecule has 27 heavy (non-hydrogen) atoms. The molecule has 1 unspecified atom stereocenters. The second-order valence-electron chi connectivity index (χ2n) is 6.28. The van der Waals surface area contributed by atoms with Gasteiger partial charge in [-0.1, -0.05) is 30.3 Å². The highest BCUT2D eigenvalue weighted by atomic mass is 16.2. The number of nitrogens with zero attached hydrogens (tertiary/aromatic N) is 3. The van der Waals surface area contributed by atoms with Crippen molar-refractivity contribution in [3.05, 3.63) is 78.4 Å². The van der Waals surface area contributed by atoms with Crippen molar-refractivity contribution in [2.75, 3.05) is 5.32 Å². The van der Waals surface area contributed by atoms with E-state index in [1.807, 2.05) is 37.3 Å². The minimum absolute atomic E-state index is 0.153. The standard InChI is InChI=1S/C20H21N5O2/c1-15(23-20(27)17-5-3-2-4-6-17)11-19(26)24-18-9-7-16(8-10-18)12-25-14-21-13-22-25/h2-10,13-15H,11-12H2,1H3,(H,23,27)(H,24,26). The van der Waals surface area contributed by atoms with Gasteiger partial charge in [-0.15, -0.1) is 0 Å². The molecule has 138 valence electrons. The van der Waals surface area contributed by atoms with Gasteiger partial charge < -0.3 is 10.6 Å². The molecule has 2 N–H and O–H groups in total. The summed E-state index contributed by atoms with van der Waals surface area (Å²) in [4.78, 5) is 28.2. The van der Waals surface area contributed by atoms with Crippen LogP contribution in [0.5, 0.6) is 0 Å². The van der Waals surface area contributed by atoms with E-state index in [4.69, 9.17) is 0 Å². The van der Waals surface area contributed by atoms with Crippen LogP contribution in [0.1, 0.15) is 29.3 Å². The molecule has 2 aromatic carbocycles. The van der Waals surface area contributed by atoms with Crippen LogP contribution in [-0.2, 0) is 11.3 Å². The number of hydrogen-bond donors (Lipinski definition) is 2. The lowest BCUT2D eigenvalue weighted by Gasteiger charge is -2.14. The van der Waals surface area contributed by atoms with Crippen LogP contribution in [0, 0.1) is 0 Å². The van der Waals surface area contributed by atoms with Gasteiger partial charge in [-0.05, 0) is 36.8 Å². The van der Waals surface area contributed by atoms with Crippen LogP contribution < -0.4 is 10.6 Å². The average Bonchev–Trinajstić information content (AvgIpc) is 3.17. The largest absolute Gasteiger partial charge is 0.349 e. The highest BCUT2D eigenvalue weighted by molar-refractivity contribution is 5.95. The number of rotatable bonds is 7. The number of benzene rings is 2. The molecule has 0 aliphatic carbocycles. The summed E-state index contributed by atoms with van der Waals surface area (Å²) in [6.45, 7) is 2.43. The maximum atomic E-state index is 12.2. The highest BCUT2D eigenvalue weighted by Gasteiger charge is 2.13. The predicted octanol–water partition coefficient (Wildman–Crippen LogP) is 2.47. The summed E-state index contributed by atoms with van der Waals surface area (Å²) in [5, 5.41) is 9.74. The second kappa shape index (κ2) is 8.75. The van der Waals surface area contributed by atoms with E-state index in [1.54, 1.807) is 35.3 Å². The van der Waals surface area contributed by atoms with Crippen molar-refractivity contribution < 1.29 is 9.59 Å². The van der Waals surface area contributed by atoms with Gasteiger partial charge in [-0.2, -0.15) is 5.10 Å². The number of carbonyl (C=O) groups excluding carboxylic acids is 2. The van der Waals surface area contributed by atoms with Crippen molar-refractivity contribution >= 4 is 17.5 Å². The number of nitrogens with one attached hydrogen (secondary N) is 2. The fraction of sp³-hybridized carbons (Fsp3) is 0.200. The van der Waals surface area contributed by atoms with Gasteiger partial charge in [0.2, 0.25) is 5.91 Å². The molecule has 0 aliphatic heterocycles. The summed E-state index contributed by atoms with van der Waals surface area (Å²) in [5.41, 5.74) is 2.35. The minimum atomic E-state index is -0.274. The Morgan fingerprint density at radius 2 is 1.81 bits per heavy atom. The molecule has 7 nitrogen and oxygen atoms in total. The lowest BCUT2D eigenvalue weighted by molar-refractivity contribution is -0.116. The first kappa shape index (κ1) is 18.3. The molecule has 0 saturated carbocycles. The van der Waals surface area contributed by atoms with Crippen LogP contribution in [0.15, 0.2) is 67.3 Å². The molecule has 3 aromatic rings. The first-order chi connectivity index (χ1) is 13.1. The molecule has 0 bridgehead atoms. The highest BCUT2D eigenvalue weighted by Crippen LogP contribution is 2.11. The molecule has 0 radical (unpaired) electrons. The van der Waals surface area contributed by atoms with Gasteiger partial charge in [0.15, 0.2) is 0 Å². The van der Waals surface area contributed by atoms with Crippen LogP contribution in [0.2, 0.25) is 0 Å². The normalized spacial score (nSPS) is 11.6. The van der Waals surface area contributed by atoms with Gasteiger partial charge in [0.25, 0.3) is 5.91 Å². The smallest absolute Gasteiger partial charge is 0.251 e. The zero-order chi connectivity index (χ0) is 19.1. The fourth-order valence-corrected chi connectivity index (χ4v) is 2.63. The molecule has 1 heterocycles. The molecule has 0 fully saturated rings. The summed E-state index contributed by atoms with van der Waals surface area (Å²) in [6.07, 6.45) is 3.34. The molecule has 7 heteroatoms. The third kappa shape index (κ3) is 5.50. The summed E-state index contributed by atoms with van der Waals surface area (Å²) in [5.74, 6) is -0.340. The Kier molecular flexibility index (Phi) is 5.94. The van der Waals surface area contributed by atoms with E-state index < -0.39 is 0 Å². The van der Waals surface area contributed by atoms with Crippen molar-refractivity contribution in [3.63, 3.8) is 0 Å². The first-order valence-corrected chi connectivity index (χ1v) is 8.67. The fourth-order valence-electron chi connectivity index (χ4n) is 2.63. The summed E-state index contributed by atoms with van der Waals surface area (Å²) in [7, 11) is 0. The third-order valence-electron chi connectivity index (χ3n) is 3.95. The Hall–Kier alpha value is -3.48. The van der Waals surface area contributed by atoms with Crippen molar-refractivity contribution in [2.24, 2.45) is 0 Å². The number of hydrogen-bond acceptors (Lipinski definition) is 4. The van der Waals surface area contributed by atoms with Gasteiger partial charge in [-0.3, -0.25) is 9.59 Å². The summed E-state index contributed by atoms with van der Waals surface area (Å²) >= 11 is 0. The van der Waals surface area contributed by atoms with Crippen LogP contribution in [0.25, 0.3) is 0 Å². The molecule has 1 aromatic heterocycles. The van der Waals surface area contributed by atoms with E-state index in [0.29, 0.717) is 17.8 Å². The van der Waals surface area contributed by atoms with Crippen LogP contribution in [0.3, 0.4) is 0 Å². The van der Waals surface area contributed by atoms with E-state index in [1.165, 1.54) is 6.33 Å². The molecule has 1 atom stereocenters. The molecule has 3 rings (SSSR count). The quantitative estimate of drug-likeness (QED) is 0.675. The Balaban J connectivity index is 1.47. The van der Waals surface area contributed by atoms with Crippen molar-refractivity contribution in [1.29, 1.82) is 0 Å². The lowest BCUT2D eigenvalue weighted by atomic mass is 10.1. The number of anilines is 1. The SMILES string of the molecule is CC(CC(=O)Nc1ccc(Cn2cncn2)cc1)NC(=O)c1ccccc1. The second-order valence-corrected chi connectivity index (χ2v) is 6.28. The lowest BCUT2D eigenvalue weighted by Crippen LogP contribution is -2.35. The van der Waals surface area contributed by atoms with Crippen LogP contribution in [-0.4, -0.2) is 32.6 Å². The van der Waals surface area contributed by atoms with E-state index in [-0.39, 0.29) is 24.3 Å². The molecule has 0 saturated heterocycles. The summed E-state index contributed by atoms with van der Waals surface area (Å²) in [6, 6.07) is 16.2. The number of carbonyl (C=O) groups is 2. The third-order valence-corrected chi connectivity index (χ3v) is 3.95. The van der Waals surface area contributed by atoms with Crippen molar-refractivity contribution in [1.82, 2.24) is 20.1 Å². The Bertz CT molecular complexity index is 877. The van der Waals surface area contributed by atoms with E-state index in [9.17, 15) is 9.59 Å². The van der Waals surface area contributed by atoms with E-state index >= 15 is 0 Å². The average molecular weight is 363 g/mol.